The summed E-state index contributed by atoms with van der Waals surface area (Å²) in [7, 11) is 0. The van der Waals surface area contributed by atoms with Crippen LogP contribution in [0.25, 0.3) is 0 Å². The SMILES string of the molecule is CCCCCCCCCCCCSCN1C(=O)c2ccccc2C1=O. The number of amides is 2. The molecule has 0 saturated carbocycles. The highest BCUT2D eigenvalue weighted by Crippen LogP contribution is 2.24. The van der Waals surface area contributed by atoms with E-state index >= 15 is 0 Å². The number of fused-ring (bicyclic) bond motifs is 1. The zero-order valence-corrected chi connectivity index (χ0v) is 16.3. The summed E-state index contributed by atoms with van der Waals surface area (Å²) in [5.41, 5.74) is 1.10. The monoisotopic (exact) mass is 361 g/mol. The molecule has 25 heavy (non-hydrogen) atoms. The van der Waals surface area contributed by atoms with E-state index in [-0.39, 0.29) is 11.8 Å². The molecule has 0 bridgehead atoms. The third-order valence-electron chi connectivity index (χ3n) is 4.74. The Morgan fingerprint density at radius 2 is 1.24 bits per heavy atom. The maximum absolute atomic E-state index is 12.2. The molecule has 3 nitrogen and oxygen atoms in total. The number of thioether (sulfide) groups is 1. The fourth-order valence-corrected chi connectivity index (χ4v) is 4.16. The average molecular weight is 362 g/mol. The number of carbonyl (C=O) groups excluding carboxylic acids is 2. The number of imide groups is 1. The number of carbonyl (C=O) groups is 2. The molecular weight excluding hydrogens is 330 g/mol. The van der Waals surface area contributed by atoms with Gasteiger partial charge in [-0.1, -0.05) is 76.8 Å². The van der Waals surface area contributed by atoms with Crippen LogP contribution in [0.15, 0.2) is 24.3 Å². The minimum absolute atomic E-state index is 0.142. The maximum atomic E-state index is 12.2. The van der Waals surface area contributed by atoms with Crippen LogP contribution in [0.5, 0.6) is 0 Å². The van der Waals surface area contributed by atoms with Crippen LogP contribution in [0.3, 0.4) is 0 Å². The summed E-state index contributed by atoms with van der Waals surface area (Å²) in [5.74, 6) is 1.21. The van der Waals surface area contributed by atoms with Crippen molar-refractivity contribution in [2.45, 2.75) is 71.1 Å². The quantitative estimate of drug-likeness (QED) is 0.324. The van der Waals surface area contributed by atoms with Gasteiger partial charge in [0.1, 0.15) is 0 Å². The van der Waals surface area contributed by atoms with Gasteiger partial charge in [0.15, 0.2) is 0 Å². The second-order valence-electron chi connectivity index (χ2n) is 6.80. The second kappa shape index (κ2) is 11.3. The first-order chi connectivity index (χ1) is 12.3. The van der Waals surface area contributed by atoms with Gasteiger partial charge in [0.25, 0.3) is 11.8 Å². The molecule has 0 unspecified atom stereocenters. The normalized spacial score (nSPS) is 13.6. The fraction of sp³-hybridized carbons (Fsp3) is 0.619. The highest BCUT2D eigenvalue weighted by atomic mass is 32.2. The molecule has 0 saturated heterocycles. The summed E-state index contributed by atoms with van der Waals surface area (Å²) < 4.78 is 0. The minimum Gasteiger partial charge on any atom is -0.269 e. The average Bonchev–Trinajstić information content (AvgIpc) is 2.87. The van der Waals surface area contributed by atoms with E-state index in [4.69, 9.17) is 0 Å². The Morgan fingerprint density at radius 3 is 1.76 bits per heavy atom. The molecule has 0 spiro atoms. The first-order valence-electron chi connectivity index (χ1n) is 9.78. The molecule has 0 radical (unpaired) electrons. The fourth-order valence-electron chi connectivity index (χ4n) is 3.20. The van der Waals surface area contributed by atoms with Crippen LogP contribution in [-0.4, -0.2) is 28.3 Å². The van der Waals surface area contributed by atoms with Crippen molar-refractivity contribution < 1.29 is 9.59 Å². The van der Waals surface area contributed by atoms with Gasteiger partial charge in [0.2, 0.25) is 0 Å². The lowest BCUT2D eigenvalue weighted by atomic mass is 10.1. The van der Waals surface area contributed by atoms with E-state index in [9.17, 15) is 9.59 Å². The molecule has 0 atom stereocenters. The molecule has 0 aliphatic carbocycles. The molecule has 1 aromatic carbocycles. The summed E-state index contributed by atoms with van der Waals surface area (Å²) in [4.78, 5) is 25.8. The van der Waals surface area contributed by atoms with Crippen molar-refractivity contribution in [3.63, 3.8) is 0 Å². The lowest BCUT2D eigenvalue weighted by molar-refractivity contribution is 0.0684. The smallest absolute Gasteiger partial charge is 0.262 e. The van der Waals surface area contributed by atoms with Gasteiger partial charge in [-0.05, 0) is 24.3 Å². The Kier molecular flexibility index (Phi) is 9.09. The second-order valence-corrected chi connectivity index (χ2v) is 7.88. The molecule has 2 rings (SSSR count). The molecule has 4 heteroatoms. The van der Waals surface area contributed by atoms with Crippen molar-refractivity contribution in [2.75, 3.05) is 11.6 Å². The van der Waals surface area contributed by atoms with Crippen LogP contribution in [-0.2, 0) is 0 Å². The van der Waals surface area contributed by atoms with Crippen molar-refractivity contribution in [2.24, 2.45) is 0 Å². The Morgan fingerprint density at radius 1 is 0.760 bits per heavy atom. The predicted molar refractivity (Wildman–Crippen MR) is 106 cm³/mol. The van der Waals surface area contributed by atoms with E-state index in [1.165, 1.54) is 69.1 Å². The van der Waals surface area contributed by atoms with E-state index in [0.29, 0.717) is 17.0 Å². The molecule has 2 amide bonds. The summed E-state index contributed by atoms with van der Waals surface area (Å²) in [6, 6.07) is 7.10. The van der Waals surface area contributed by atoms with Gasteiger partial charge < -0.3 is 0 Å². The van der Waals surface area contributed by atoms with Crippen LogP contribution in [0.2, 0.25) is 0 Å². The number of hydrogen-bond donors (Lipinski definition) is 0. The van der Waals surface area contributed by atoms with Gasteiger partial charge in [-0.2, -0.15) is 0 Å². The highest BCUT2D eigenvalue weighted by Gasteiger charge is 2.34. The Balaban J connectivity index is 1.49. The molecule has 1 aliphatic rings. The van der Waals surface area contributed by atoms with Gasteiger partial charge in [0, 0.05) is 0 Å². The number of rotatable bonds is 13. The summed E-state index contributed by atoms with van der Waals surface area (Å²) in [6.45, 7) is 2.26. The topological polar surface area (TPSA) is 37.4 Å². The van der Waals surface area contributed by atoms with Crippen LogP contribution >= 0.6 is 11.8 Å². The molecule has 1 aliphatic heterocycles. The van der Waals surface area contributed by atoms with Crippen molar-refractivity contribution in [1.29, 1.82) is 0 Å². The molecule has 0 aromatic heterocycles. The van der Waals surface area contributed by atoms with Gasteiger partial charge in [-0.3, -0.25) is 14.5 Å². The third-order valence-corrected chi connectivity index (χ3v) is 5.76. The van der Waals surface area contributed by atoms with Crippen LogP contribution in [0.1, 0.15) is 91.8 Å². The number of nitrogens with zero attached hydrogens (tertiary/aromatic N) is 1. The van der Waals surface area contributed by atoms with Crippen LogP contribution in [0.4, 0.5) is 0 Å². The summed E-state index contributed by atoms with van der Waals surface area (Å²) in [6.07, 6.45) is 13.3. The first kappa shape index (κ1) is 20.0. The largest absolute Gasteiger partial charge is 0.269 e. The number of benzene rings is 1. The molecule has 0 fully saturated rings. The van der Waals surface area contributed by atoms with Gasteiger partial charge in [-0.25, -0.2) is 0 Å². The molecule has 138 valence electrons. The van der Waals surface area contributed by atoms with Crippen molar-refractivity contribution in [3.05, 3.63) is 35.4 Å². The van der Waals surface area contributed by atoms with Gasteiger partial charge >= 0.3 is 0 Å². The van der Waals surface area contributed by atoms with E-state index < -0.39 is 0 Å². The summed E-state index contributed by atoms with van der Waals surface area (Å²) >= 11 is 1.69. The Labute approximate surface area is 156 Å². The van der Waals surface area contributed by atoms with Crippen molar-refractivity contribution in [3.8, 4) is 0 Å². The Hall–Kier alpha value is -1.29. The molecule has 1 aromatic rings. The Bertz CT molecular complexity index is 524. The molecule has 0 N–H and O–H groups in total. The summed E-state index contributed by atoms with van der Waals surface area (Å²) in [5, 5.41) is 0. The van der Waals surface area contributed by atoms with E-state index in [1.807, 2.05) is 12.1 Å². The molecular formula is C21H31NO2S. The highest BCUT2D eigenvalue weighted by molar-refractivity contribution is 7.99. The standard InChI is InChI=1S/C21H31NO2S/c1-2-3-4-5-6-7-8-9-10-13-16-25-17-22-20(23)18-14-11-12-15-19(18)21(22)24/h11-12,14-15H,2-10,13,16-17H2,1H3. The lowest BCUT2D eigenvalue weighted by Gasteiger charge is -2.13. The van der Waals surface area contributed by atoms with Crippen molar-refractivity contribution in [1.82, 2.24) is 4.90 Å². The minimum atomic E-state index is -0.142. The van der Waals surface area contributed by atoms with Gasteiger partial charge in [-0.15, -0.1) is 11.8 Å². The van der Waals surface area contributed by atoms with Crippen LogP contribution < -0.4 is 0 Å². The maximum Gasteiger partial charge on any atom is 0.262 e. The molecule has 1 heterocycles. The van der Waals surface area contributed by atoms with E-state index in [0.717, 1.165) is 5.75 Å². The first-order valence-corrected chi connectivity index (χ1v) is 10.9. The zero-order chi connectivity index (χ0) is 17.9. The van der Waals surface area contributed by atoms with E-state index in [2.05, 4.69) is 6.92 Å². The predicted octanol–water partition coefficient (Wildman–Crippen LogP) is 5.89. The lowest BCUT2D eigenvalue weighted by Crippen LogP contribution is -2.29. The third kappa shape index (κ3) is 6.18. The van der Waals surface area contributed by atoms with Crippen LogP contribution in [0, 0.1) is 0 Å². The zero-order valence-electron chi connectivity index (χ0n) is 15.5. The van der Waals surface area contributed by atoms with Crippen molar-refractivity contribution >= 4 is 23.6 Å². The van der Waals surface area contributed by atoms with E-state index in [1.54, 1.807) is 23.9 Å². The number of hydrogen-bond acceptors (Lipinski definition) is 3. The number of unbranched alkanes of at least 4 members (excludes halogenated alkanes) is 9. The van der Waals surface area contributed by atoms with Gasteiger partial charge in [0.05, 0.1) is 17.0 Å².